The lowest BCUT2D eigenvalue weighted by Crippen LogP contribution is -2.61. The molecule has 1 heterocycles. The van der Waals surface area contributed by atoms with Crippen LogP contribution in [0.4, 0.5) is 0 Å². The van der Waals surface area contributed by atoms with Crippen molar-refractivity contribution in [1.82, 2.24) is 10.6 Å². The maximum Gasteiger partial charge on any atom is 0.230 e. The van der Waals surface area contributed by atoms with Crippen LogP contribution in [-0.4, -0.2) is 42.5 Å². The van der Waals surface area contributed by atoms with Gasteiger partial charge in [0.15, 0.2) is 0 Å². The molecule has 1 aliphatic heterocycles. The van der Waals surface area contributed by atoms with E-state index in [1.165, 1.54) is 0 Å². The monoisotopic (exact) mass is 380 g/mol. The van der Waals surface area contributed by atoms with Gasteiger partial charge in [-0.2, -0.15) is 0 Å². The number of hydrogen-bond acceptors (Lipinski definition) is 4. The van der Waals surface area contributed by atoms with Crippen LogP contribution in [-0.2, 0) is 9.53 Å². The molecule has 1 rings (SSSR count). The van der Waals surface area contributed by atoms with Crippen LogP contribution in [0, 0.1) is 11.3 Å². The number of hydrogen-bond donors (Lipinski definition) is 3. The molecule has 3 N–H and O–H groups in total. The van der Waals surface area contributed by atoms with Crippen molar-refractivity contribution >= 4 is 5.91 Å². The summed E-state index contributed by atoms with van der Waals surface area (Å²) in [5, 5.41) is 17.0. The average Bonchev–Trinajstić information content (AvgIpc) is 2.66. The molecule has 1 fully saturated rings. The Morgan fingerprint density at radius 3 is 2.48 bits per heavy atom. The molecule has 0 saturated carbocycles. The second-order valence-electron chi connectivity index (χ2n) is 8.51. The van der Waals surface area contributed by atoms with E-state index in [2.05, 4.69) is 10.6 Å². The molecule has 0 aliphatic carbocycles. The summed E-state index contributed by atoms with van der Waals surface area (Å²) in [4.78, 5) is 12.8. The summed E-state index contributed by atoms with van der Waals surface area (Å²) < 4.78 is 5.39. The molecule has 2 atom stereocenters. The fraction of sp³-hybridized carbons (Fsp3) is 0.773. The topological polar surface area (TPSA) is 70.6 Å². The number of nitrogens with one attached hydrogen (secondary N) is 2. The zero-order chi connectivity index (χ0) is 20.5. The SMILES string of the molecule is CC=C(C)C=CC(C)(C)C(=O)NC(C)(CC)C(O)NCCC1CCOCC1. The number of aliphatic hydroxyl groups excluding tert-OH is 1. The van der Waals surface area contributed by atoms with Gasteiger partial charge in [-0.05, 0) is 72.8 Å². The lowest BCUT2D eigenvalue weighted by molar-refractivity contribution is -0.131. The third-order valence-corrected chi connectivity index (χ3v) is 5.77. The Bertz CT molecular complexity index is 522. The molecule has 2 unspecified atom stereocenters. The van der Waals surface area contributed by atoms with E-state index in [1.54, 1.807) is 0 Å². The van der Waals surface area contributed by atoms with Gasteiger partial charge in [0.2, 0.25) is 5.91 Å². The molecule has 1 aliphatic rings. The van der Waals surface area contributed by atoms with Crippen LogP contribution >= 0.6 is 0 Å². The minimum atomic E-state index is -0.789. The van der Waals surface area contributed by atoms with Gasteiger partial charge in [0.1, 0.15) is 6.23 Å². The number of carbonyl (C=O) groups excluding carboxylic acids is 1. The summed E-state index contributed by atoms with van der Waals surface area (Å²) in [6.45, 7) is 14.1. The van der Waals surface area contributed by atoms with Crippen molar-refractivity contribution in [2.24, 2.45) is 11.3 Å². The Labute approximate surface area is 165 Å². The van der Waals surface area contributed by atoms with E-state index in [-0.39, 0.29) is 5.91 Å². The van der Waals surface area contributed by atoms with Crippen LogP contribution in [0.5, 0.6) is 0 Å². The molecule has 0 spiro atoms. The first-order valence-electron chi connectivity index (χ1n) is 10.3. The van der Waals surface area contributed by atoms with Crippen molar-refractivity contribution < 1.29 is 14.6 Å². The summed E-state index contributed by atoms with van der Waals surface area (Å²) in [7, 11) is 0. The molecule has 5 nitrogen and oxygen atoms in total. The number of amides is 1. The van der Waals surface area contributed by atoms with Crippen LogP contribution in [0.1, 0.15) is 67.2 Å². The number of rotatable bonds is 10. The van der Waals surface area contributed by atoms with Crippen molar-refractivity contribution in [2.75, 3.05) is 19.8 Å². The fourth-order valence-electron chi connectivity index (χ4n) is 2.97. The first-order valence-corrected chi connectivity index (χ1v) is 10.3. The van der Waals surface area contributed by atoms with Gasteiger partial charge >= 0.3 is 0 Å². The van der Waals surface area contributed by atoms with E-state index < -0.39 is 17.2 Å². The highest BCUT2D eigenvalue weighted by molar-refractivity contribution is 5.84. The standard InChI is InChI=1S/C22H40N2O3/c1-7-17(3)9-13-21(4,5)19(25)24-22(6,8-2)20(26)23-14-10-18-11-15-27-16-12-18/h7,9,13,18,20,23,26H,8,10-12,14-16H2,1-6H3,(H,24,25). The van der Waals surface area contributed by atoms with Crippen molar-refractivity contribution in [1.29, 1.82) is 0 Å². The lowest BCUT2D eigenvalue weighted by atomic mass is 9.87. The Morgan fingerprint density at radius 2 is 1.93 bits per heavy atom. The smallest absolute Gasteiger partial charge is 0.230 e. The third-order valence-electron chi connectivity index (χ3n) is 5.77. The molecular weight excluding hydrogens is 340 g/mol. The summed E-state index contributed by atoms with van der Waals surface area (Å²) in [6, 6.07) is 0. The number of carbonyl (C=O) groups is 1. The van der Waals surface area contributed by atoms with Crippen molar-refractivity contribution in [3.8, 4) is 0 Å². The second kappa shape index (κ2) is 11.0. The van der Waals surface area contributed by atoms with Gasteiger partial charge in [0.25, 0.3) is 0 Å². The van der Waals surface area contributed by atoms with Crippen LogP contribution in [0.15, 0.2) is 23.8 Å². The molecule has 156 valence electrons. The molecule has 1 saturated heterocycles. The average molecular weight is 381 g/mol. The minimum Gasteiger partial charge on any atom is -0.381 e. The number of allylic oxidation sites excluding steroid dienone is 3. The molecule has 27 heavy (non-hydrogen) atoms. The third kappa shape index (κ3) is 7.76. The zero-order valence-corrected chi connectivity index (χ0v) is 18.1. The molecule has 0 radical (unpaired) electrons. The van der Waals surface area contributed by atoms with Crippen molar-refractivity contribution in [2.45, 2.75) is 79.0 Å². The summed E-state index contributed by atoms with van der Waals surface area (Å²) in [6.07, 6.45) is 8.93. The van der Waals surface area contributed by atoms with E-state index in [9.17, 15) is 9.90 Å². The van der Waals surface area contributed by atoms with Gasteiger partial charge in [-0.15, -0.1) is 0 Å². The minimum absolute atomic E-state index is 0.0858. The largest absolute Gasteiger partial charge is 0.381 e. The highest BCUT2D eigenvalue weighted by atomic mass is 16.5. The first-order chi connectivity index (χ1) is 12.6. The van der Waals surface area contributed by atoms with Crippen LogP contribution in [0.25, 0.3) is 0 Å². The van der Waals surface area contributed by atoms with Gasteiger partial charge in [-0.25, -0.2) is 0 Å². The quantitative estimate of drug-likeness (QED) is 0.400. The first kappa shape index (κ1) is 23.9. The molecule has 1 amide bonds. The highest BCUT2D eigenvalue weighted by Crippen LogP contribution is 2.23. The molecule has 0 aromatic carbocycles. The van der Waals surface area contributed by atoms with E-state index in [0.29, 0.717) is 12.3 Å². The van der Waals surface area contributed by atoms with Gasteiger partial charge in [-0.1, -0.05) is 30.7 Å². The summed E-state index contributed by atoms with van der Waals surface area (Å²) in [5.74, 6) is 0.567. The molecular formula is C22H40N2O3. The molecule has 0 aromatic rings. The predicted octanol–water partition coefficient (Wildman–Crippen LogP) is 3.54. The van der Waals surface area contributed by atoms with Crippen molar-refractivity contribution in [3.05, 3.63) is 23.8 Å². The molecule has 0 bridgehead atoms. The van der Waals surface area contributed by atoms with E-state index in [4.69, 9.17) is 4.74 Å². The van der Waals surface area contributed by atoms with E-state index in [1.807, 2.05) is 59.8 Å². The number of ether oxygens (including phenoxy) is 1. The Morgan fingerprint density at radius 1 is 1.30 bits per heavy atom. The van der Waals surface area contributed by atoms with Gasteiger partial charge in [0, 0.05) is 13.2 Å². The van der Waals surface area contributed by atoms with Crippen LogP contribution in [0.2, 0.25) is 0 Å². The van der Waals surface area contributed by atoms with Gasteiger partial charge in [-0.3, -0.25) is 10.1 Å². The summed E-state index contributed by atoms with van der Waals surface area (Å²) in [5.41, 5.74) is -0.250. The highest BCUT2D eigenvalue weighted by Gasteiger charge is 2.36. The lowest BCUT2D eigenvalue weighted by Gasteiger charge is -2.37. The van der Waals surface area contributed by atoms with Gasteiger partial charge < -0.3 is 15.2 Å². The van der Waals surface area contributed by atoms with E-state index in [0.717, 1.165) is 44.6 Å². The number of aliphatic hydroxyl groups is 1. The Hall–Kier alpha value is -1.17. The molecule has 5 heteroatoms. The Balaban J connectivity index is 2.61. The van der Waals surface area contributed by atoms with Crippen LogP contribution < -0.4 is 10.6 Å². The van der Waals surface area contributed by atoms with Crippen LogP contribution in [0.3, 0.4) is 0 Å². The molecule has 0 aromatic heterocycles. The normalized spacial score (nSPS) is 20.5. The fourth-order valence-corrected chi connectivity index (χ4v) is 2.97. The zero-order valence-electron chi connectivity index (χ0n) is 18.1. The summed E-state index contributed by atoms with van der Waals surface area (Å²) >= 11 is 0. The maximum atomic E-state index is 12.8. The van der Waals surface area contributed by atoms with Crippen molar-refractivity contribution in [3.63, 3.8) is 0 Å². The second-order valence-corrected chi connectivity index (χ2v) is 8.51. The predicted molar refractivity (Wildman–Crippen MR) is 111 cm³/mol. The Kier molecular flexibility index (Phi) is 9.71. The maximum absolute atomic E-state index is 12.8. The van der Waals surface area contributed by atoms with E-state index >= 15 is 0 Å². The van der Waals surface area contributed by atoms with Gasteiger partial charge in [0.05, 0.1) is 11.0 Å².